The van der Waals surface area contributed by atoms with Gasteiger partial charge in [-0.3, -0.25) is 9.80 Å². The number of rotatable bonds is 3. The Morgan fingerprint density at radius 1 is 1.31 bits per heavy atom. The van der Waals surface area contributed by atoms with Gasteiger partial charge in [0.05, 0.1) is 12.7 Å². The summed E-state index contributed by atoms with van der Waals surface area (Å²) in [7, 11) is 2.11. The maximum absolute atomic E-state index is 9.37. The molecule has 4 heteroatoms. The van der Waals surface area contributed by atoms with Gasteiger partial charge in [-0.05, 0) is 39.4 Å². The van der Waals surface area contributed by atoms with Gasteiger partial charge in [-0.15, -0.1) is 0 Å². The van der Waals surface area contributed by atoms with E-state index in [0.29, 0.717) is 12.1 Å². The van der Waals surface area contributed by atoms with Gasteiger partial charge in [0, 0.05) is 25.7 Å². The Hall–Kier alpha value is -0.160. The number of aliphatic hydroxyl groups excluding tert-OH is 1. The van der Waals surface area contributed by atoms with Gasteiger partial charge in [-0.2, -0.15) is 0 Å². The Kier molecular flexibility index (Phi) is 4.58. The summed E-state index contributed by atoms with van der Waals surface area (Å²) in [6.07, 6.45) is 4.04. The van der Waals surface area contributed by atoms with Crippen LogP contribution in [0.2, 0.25) is 0 Å². The molecule has 94 valence electrons. The Labute approximate surface area is 98.2 Å². The summed E-state index contributed by atoms with van der Waals surface area (Å²) in [5.74, 6) is 0. The van der Waals surface area contributed by atoms with Crippen molar-refractivity contribution in [3.63, 3.8) is 0 Å². The normalized spacial score (nSPS) is 34.1. The molecule has 0 aromatic heterocycles. The molecule has 0 radical (unpaired) electrons. The maximum Gasteiger partial charge on any atom is 0.0702 e. The Bertz CT molecular complexity index is 207. The second-order valence-electron chi connectivity index (χ2n) is 5.07. The minimum absolute atomic E-state index is 0.262. The molecular weight excluding hydrogens is 204 g/mol. The molecule has 2 saturated heterocycles. The van der Waals surface area contributed by atoms with Crippen LogP contribution in [0.25, 0.3) is 0 Å². The lowest BCUT2D eigenvalue weighted by molar-refractivity contribution is 0.0634. The zero-order valence-corrected chi connectivity index (χ0v) is 10.3. The lowest BCUT2D eigenvalue weighted by atomic mass is 10.2. The molecule has 0 bridgehead atoms. The molecule has 2 atom stereocenters. The minimum atomic E-state index is 0.262. The third-order valence-corrected chi connectivity index (χ3v) is 3.77. The first-order chi connectivity index (χ1) is 7.79. The standard InChI is InChI=1S/C12H24N2O2/c1-13-5-3-6-14(8-11(13)10-15)9-12-4-2-7-16-12/h11-12,15H,2-10H2,1H3. The zero-order valence-electron chi connectivity index (χ0n) is 10.3. The van der Waals surface area contributed by atoms with E-state index in [4.69, 9.17) is 4.74 Å². The minimum Gasteiger partial charge on any atom is -0.395 e. The highest BCUT2D eigenvalue weighted by atomic mass is 16.5. The van der Waals surface area contributed by atoms with Crippen molar-refractivity contribution < 1.29 is 9.84 Å². The van der Waals surface area contributed by atoms with Gasteiger partial charge >= 0.3 is 0 Å². The van der Waals surface area contributed by atoms with Crippen LogP contribution in [0.5, 0.6) is 0 Å². The van der Waals surface area contributed by atoms with Gasteiger partial charge in [0.25, 0.3) is 0 Å². The van der Waals surface area contributed by atoms with Gasteiger partial charge in [0.2, 0.25) is 0 Å². The van der Waals surface area contributed by atoms with Gasteiger partial charge in [0.15, 0.2) is 0 Å². The van der Waals surface area contributed by atoms with Crippen LogP contribution in [0.1, 0.15) is 19.3 Å². The smallest absolute Gasteiger partial charge is 0.0702 e. The van der Waals surface area contributed by atoms with Crippen molar-refractivity contribution >= 4 is 0 Å². The van der Waals surface area contributed by atoms with E-state index in [2.05, 4.69) is 16.8 Å². The number of ether oxygens (including phenoxy) is 1. The van der Waals surface area contributed by atoms with E-state index >= 15 is 0 Å². The molecule has 0 spiro atoms. The van der Waals surface area contributed by atoms with Gasteiger partial charge in [-0.25, -0.2) is 0 Å². The van der Waals surface area contributed by atoms with E-state index in [1.165, 1.54) is 19.3 Å². The second kappa shape index (κ2) is 5.96. The molecule has 2 fully saturated rings. The van der Waals surface area contributed by atoms with E-state index < -0.39 is 0 Å². The van der Waals surface area contributed by atoms with Crippen LogP contribution >= 0.6 is 0 Å². The average Bonchev–Trinajstić information content (AvgIpc) is 2.71. The van der Waals surface area contributed by atoms with Gasteiger partial charge < -0.3 is 9.84 Å². The molecule has 2 unspecified atom stereocenters. The fourth-order valence-electron chi connectivity index (χ4n) is 2.69. The number of aliphatic hydroxyl groups is 1. The average molecular weight is 228 g/mol. The summed E-state index contributed by atoms with van der Waals surface area (Å²) in [5, 5.41) is 9.37. The molecule has 2 rings (SSSR count). The van der Waals surface area contributed by atoms with E-state index in [9.17, 15) is 5.11 Å². The molecule has 1 N–H and O–H groups in total. The molecule has 2 aliphatic heterocycles. The summed E-state index contributed by atoms with van der Waals surface area (Å²) < 4.78 is 5.67. The number of nitrogens with zero attached hydrogens (tertiary/aromatic N) is 2. The highest BCUT2D eigenvalue weighted by molar-refractivity contribution is 4.80. The number of hydrogen-bond acceptors (Lipinski definition) is 4. The highest BCUT2D eigenvalue weighted by Crippen LogP contribution is 2.15. The Morgan fingerprint density at radius 3 is 2.88 bits per heavy atom. The maximum atomic E-state index is 9.37. The molecule has 2 heterocycles. The van der Waals surface area contributed by atoms with Crippen molar-refractivity contribution in [2.75, 3.05) is 46.4 Å². The number of hydrogen-bond donors (Lipinski definition) is 1. The monoisotopic (exact) mass is 228 g/mol. The van der Waals surface area contributed by atoms with Crippen molar-refractivity contribution in [3.8, 4) is 0 Å². The SMILES string of the molecule is CN1CCCN(CC2CCCO2)CC1CO. The van der Waals surface area contributed by atoms with Gasteiger partial charge in [-0.1, -0.05) is 0 Å². The molecular formula is C12H24N2O2. The largest absolute Gasteiger partial charge is 0.395 e. The zero-order chi connectivity index (χ0) is 11.4. The van der Waals surface area contributed by atoms with Crippen molar-refractivity contribution in [1.29, 1.82) is 0 Å². The van der Waals surface area contributed by atoms with Crippen LogP contribution in [-0.2, 0) is 4.74 Å². The second-order valence-corrected chi connectivity index (χ2v) is 5.07. The summed E-state index contributed by atoms with van der Waals surface area (Å²) in [5.41, 5.74) is 0. The van der Waals surface area contributed by atoms with E-state index in [1.807, 2.05) is 0 Å². The third-order valence-electron chi connectivity index (χ3n) is 3.77. The van der Waals surface area contributed by atoms with E-state index in [0.717, 1.165) is 32.8 Å². The fraction of sp³-hybridized carbons (Fsp3) is 1.00. The Morgan fingerprint density at radius 2 is 2.19 bits per heavy atom. The van der Waals surface area contributed by atoms with Crippen molar-refractivity contribution in [1.82, 2.24) is 9.80 Å². The predicted molar refractivity (Wildman–Crippen MR) is 63.5 cm³/mol. The molecule has 2 aliphatic rings. The molecule has 0 aromatic carbocycles. The summed E-state index contributed by atoms with van der Waals surface area (Å²) in [6.45, 7) is 5.45. The van der Waals surface area contributed by atoms with Crippen LogP contribution in [0.15, 0.2) is 0 Å². The summed E-state index contributed by atoms with van der Waals surface area (Å²) >= 11 is 0. The first-order valence-corrected chi connectivity index (χ1v) is 6.44. The van der Waals surface area contributed by atoms with Crippen LogP contribution < -0.4 is 0 Å². The predicted octanol–water partition coefficient (Wildman–Crippen LogP) is 0.164. The molecule has 16 heavy (non-hydrogen) atoms. The van der Waals surface area contributed by atoms with Gasteiger partial charge in [0.1, 0.15) is 0 Å². The van der Waals surface area contributed by atoms with Crippen LogP contribution in [-0.4, -0.2) is 73.5 Å². The third kappa shape index (κ3) is 3.17. The van der Waals surface area contributed by atoms with Crippen molar-refractivity contribution in [2.45, 2.75) is 31.4 Å². The topological polar surface area (TPSA) is 35.9 Å². The lowest BCUT2D eigenvalue weighted by Crippen LogP contribution is -2.43. The van der Waals surface area contributed by atoms with Crippen molar-refractivity contribution in [2.24, 2.45) is 0 Å². The Balaban J connectivity index is 1.83. The van der Waals surface area contributed by atoms with Crippen LogP contribution in [0.4, 0.5) is 0 Å². The van der Waals surface area contributed by atoms with Crippen molar-refractivity contribution in [3.05, 3.63) is 0 Å². The molecule has 0 saturated carbocycles. The first-order valence-electron chi connectivity index (χ1n) is 6.44. The lowest BCUT2D eigenvalue weighted by Gasteiger charge is -2.28. The van der Waals surface area contributed by atoms with Crippen LogP contribution in [0.3, 0.4) is 0 Å². The quantitative estimate of drug-likeness (QED) is 0.747. The number of likely N-dealkylation sites (N-methyl/N-ethyl adjacent to an activating group) is 1. The van der Waals surface area contributed by atoms with E-state index in [-0.39, 0.29) is 6.61 Å². The fourth-order valence-corrected chi connectivity index (χ4v) is 2.69. The molecule has 0 amide bonds. The van der Waals surface area contributed by atoms with Crippen LogP contribution in [0, 0.1) is 0 Å². The molecule has 4 nitrogen and oxygen atoms in total. The first kappa shape index (κ1) is 12.3. The summed E-state index contributed by atoms with van der Waals surface area (Å²) in [6, 6.07) is 0.295. The highest BCUT2D eigenvalue weighted by Gasteiger charge is 2.25. The molecule has 0 aromatic rings. The summed E-state index contributed by atoms with van der Waals surface area (Å²) in [4.78, 5) is 4.73. The molecule has 0 aliphatic carbocycles. The van der Waals surface area contributed by atoms with E-state index in [1.54, 1.807) is 0 Å².